The van der Waals surface area contributed by atoms with Crippen LogP contribution in [-0.2, 0) is 6.18 Å². The number of halogens is 3. The van der Waals surface area contributed by atoms with Crippen molar-refractivity contribution >= 4 is 11.7 Å². The molecule has 0 bridgehead atoms. The monoisotopic (exact) mass is 244 g/mol. The predicted octanol–water partition coefficient (Wildman–Crippen LogP) is 2.94. The highest BCUT2D eigenvalue weighted by Crippen LogP contribution is 2.29. The highest BCUT2D eigenvalue weighted by Gasteiger charge is 2.30. The normalized spacial score (nSPS) is 15.4. The average molecular weight is 244 g/mol. The quantitative estimate of drug-likeness (QED) is 0.809. The van der Waals surface area contributed by atoms with E-state index in [9.17, 15) is 18.0 Å². The van der Waals surface area contributed by atoms with E-state index in [1.54, 1.807) is 4.90 Å². The number of likely N-dealkylation sites (tertiary alicyclic amines) is 1. The van der Waals surface area contributed by atoms with Gasteiger partial charge in [-0.3, -0.25) is 0 Å². The van der Waals surface area contributed by atoms with E-state index in [1.165, 1.54) is 12.1 Å². The van der Waals surface area contributed by atoms with Crippen LogP contribution >= 0.6 is 0 Å². The van der Waals surface area contributed by atoms with Gasteiger partial charge in [0.1, 0.15) is 0 Å². The Hall–Kier alpha value is -1.72. The van der Waals surface area contributed by atoms with Crippen LogP contribution in [0.1, 0.15) is 12.0 Å². The van der Waals surface area contributed by atoms with Crippen LogP contribution < -0.4 is 5.32 Å². The number of alkyl halides is 3. The van der Waals surface area contributed by atoms with Gasteiger partial charge >= 0.3 is 12.2 Å². The number of carbonyl (C=O) groups is 1. The zero-order valence-electron chi connectivity index (χ0n) is 8.92. The van der Waals surface area contributed by atoms with Gasteiger partial charge in [0.15, 0.2) is 0 Å². The maximum atomic E-state index is 12.3. The summed E-state index contributed by atoms with van der Waals surface area (Å²) in [6.45, 7) is 1.40. The molecule has 3 nitrogen and oxygen atoms in total. The molecule has 0 spiro atoms. The van der Waals surface area contributed by atoms with Crippen LogP contribution in [0.4, 0.5) is 23.7 Å². The number of nitrogens with zero attached hydrogens (tertiary/aromatic N) is 1. The van der Waals surface area contributed by atoms with Gasteiger partial charge in [0.2, 0.25) is 0 Å². The molecule has 0 aromatic heterocycles. The number of hydrogen-bond donors (Lipinski definition) is 1. The van der Waals surface area contributed by atoms with E-state index in [2.05, 4.69) is 5.32 Å². The fraction of sp³-hybridized carbons (Fsp3) is 0.364. The van der Waals surface area contributed by atoms with Crippen molar-refractivity contribution < 1.29 is 18.0 Å². The Morgan fingerprint density at radius 2 is 1.76 bits per heavy atom. The molecule has 0 unspecified atom stereocenters. The molecule has 1 fully saturated rings. The van der Waals surface area contributed by atoms with Gasteiger partial charge in [0.25, 0.3) is 0 Å². The third-order valence-corrected chi connectivity index (χ3v) is 2.61. The van der Waals surface area contributed by atoms with E-state index in [4.69, 9.17) is 0 Å². The molecule has 0 saturated carbocycles. The zero-order chi connectivity index (χ0) is 12.5. The Morgan fingerprint density at radius 3 is 2.18 bits per heavy atom. The van der Waals surface area contributed by atoms with Crippen LogP contribution in [0.25, 0.3) is 0 Å². The average Bonchev–Trinajstić information content (AvgIpc) is 2.13. The first-order valence-electron chi connectivity index (χ1n) is 5.20. The van der Waals surface area contributed by atoms with Crippen LogP contribution in [0.5, 0.6) is 0 Å². The summed E-state index contributed by atoms with van der Waals surface area (Å²) in [5, 5.41) is 2.54. The molecule has 2 rings (SSSR count). The molecule has 1 heterocycles. The second kappa shape index (κ2) is 4.27. The molecule has 1 saturated heterocycles. The number of urea groups is 1. The van der Waals surface area contributed by atoms with Crippen molar-refractivity contribution in [2.75, 3.05) is 18.4 Å². The molecule has 0 aliphatic carbocycles. The lowest BCUT2D eigenvalue weighted by atomic mass is 10.2. The minimum Gasteiger partial charge on any atom is -0.324 e. The maximum Gasteiger partial charge on any atom is 0.416 e. The van der Waals surface area contributed by atoms with E-state index in [1.807, 2.05) is 0 Å². The second-order valence-corrected chi connectivity index (χ2v) is 3.85. The Labute approximate surface area is 96.2 Å². The summed E-state index contributed by atoms with van der Waals surface area (Å²) in [5.74, 6) is 0. The minimum absolute atomic E-state index is 0.268. The van der Waals surface area contributed by atoms with Crippen molar-refractivity contribution in [3.05, 3.63) is 29.8 Å². The van der Waals surface area contributed by atoms with Crippen LogP contribution in [0, 0.1) is 0 Å². The summed E-state index contributed by atoms with van der Waals surface area (Å²) in [6, 6.07) is 4.13. The smallest absolute Gasteiger partial charge is 0.324 e. The van der Waals surface area contributed by atoms with Gasteiger partial charge in [-0.2, -0.15) is 13.2 Å². The van der Waals surface area contributed by atoms with Crippen LogP contribution in [0.2, 0.25) is 0 Å². The van der Waals surface area contributed by atoms with Crippen LogP contribution in [-0.4, -0.2) is 24.0 Å². The molecule has 17 heavy (non-hydrogen) atoms. The van der Waals surface area contributed by atoms with Gasteiger partial charge in [-0.25, -0.2) is 4.79 Å². The van der Waals surface area contributed by atoms with Gasteiger partial charge < -0.3 is 10.2 Å². The lowest BCUT2D eigenvalue weighted by Gasteiger charge is -2.30. The molecule has 1 aliphatic heterocycles. The minimum atomic E-state index is -4.35. The SMILES string of the molecule is O=C(Nc1ccc(C(F)(F)F)cc1)N1CCC1. The number of benzene rings is 1. The van der Waals surface area contributed by atoms with Crippen molar-refractivity contribution in [3.8, 4) is 0 Å². The Kier molecular flexibility index (Phi) is 2.95. The summed E-state index contributed by atoms with van der Waals surface area (Å²) in [4.78, 5) is 13.1. The first kappa shape index (κ1) is 11.8. The lowest BCUT2D eigenvalue weighted by molar-refractivity contribution is -0.137. The number of rotatable bonds is 1. The van der Waals surface area contributed by atoms with Crippen LogP contribution in [0.15, 0.2) is 24.3 Å². The number of nitrogens with one attached hydrogen (secondary N) is 1. The Bertz CT molecular complexity index is 410. The third-order valence-electron chi connectivity index (χ3n) is 2.61. The third kappa shape index (κ3) is 2.69. The van der Waals surface area contributed by atoms with E-state index < -0.39 is 11.7 Å². The fourth-order valence-corrected chi connectivity index (χ4v) is 1.46. The van der Waals surface area contributed by atoms with Gasteiger partial charge in [0, 0.05) is 18.8 Å². The standard InChI is InChI=1S/C11H11F3N2O/c12-11(13,14)8-2-4-9(5-3-8)15-10(17)16-6-1-7-16/h2-5H,1,6-7H2,(H,15,17). The van der Waals surface area contributed by atoms with E-state index in [0.29, 0.717) is 18.8 Å². The molecular formula is C11H11F3N2O. The molecule has 92 valence electrons. The van der Waals surface area contributed by atoms with Crippen molar-refractivity contribution in [1.82, 2.24) is 4.90 Å². The molecule has 0 radical (unpaired) electrons. The Balaban J connectivity index is 2.00. The van der Waals surface area contributed by atoms with E-state index >= 15 is 0 Å². The van der Waals surface area contributed by atoms with Gasteiger partial charge in [-0.05, 0) is 30.7 Å². The first-order chi connectivity index (χ1) is 7.97. The summed E-state index contributed by atoms with van der Waals surface area (Å²) >= 11 is 0. The molecule has 1 aromatic carbocycles. The highest BCUT2D eigenvalue weighted by molar-refractivity contribution is 5.89. The molecule has 0 atom stereocenters. The lowest BCUT2D eigenvalue weighted by Crippen LogP contribution is -2.44. The Morgan fingerprint density at radius 1 is 1.18 bits per heavy atom. The molecule has 1 aromatic rings. The highest BCUT2D eigenvalue weighted by atomic mass is 19.4. The van der Waals surface area contributed by atoms with Crippen molar-refractivity contribution in [2.45, 2.75) is 12.6 Å². The molecular weight excluding hydrogens is 233 g/mol. The topological polar surface area (TPSA) is 32.3 Å². The largest absolute Gasteiger partial charge is 0.416 e. The maximum absolute atomic E-state index is 12.3. The summed E-state index contributed by atoms with van der Waals surface area (Å²) in [5.41, 5.74) is -0.352. The summed E-state index contributed by atoms with van der Waals surface area (Å²) in [7, 11) is 0. The van der Waals surface area contributed by atoms with Crippen molar-refractivity contribution in [3.63, 3.8) is 0 Å². The van der Waals surface area contributed by atoms with E-state index in [0.717, 1.165) is 18.6 Å². The van der Waals surface area contributed by atoms with Gasteiger partial charge in [-0.15, -0.1) is 0 Å². The second-order valence-electron chi connectivity index (χ2n) is 3.85. The predicted molar refractivity (Wildman–Crippen MR) is 56.7 cm³/mol. The molecule has 6 heteroatoms. The summed E-state index contributed by atoms with van der Waals surface area (Å²) < 4.78 is 36.8. The van der Waals surface area contributed by atoms with E-state index in [-0.39, 0.29) is 6.03 Å². The van der Waals surface area contributed by atoms with Crippen molar-refractivity contribution in [2.24, 2.45) is 0 Å². The first-order valence-corrected chi connectivity index (χ1v) is 5.20. The number of amides is 2. The number of hydrogen-bond acceptors (Lipinski definition) is 1. The fourth-order valence-electron chi connectivity index (χ4n) is 1.46. The van der Waals surface area contributed by atoms with Crippen LogP contribution in [0.3, 0.4) is 0 Å². The molecule has 2 amide bonds. The summed E-state index contributed by atoms with van der Waals surface area (Å²) in [6.07, 6.45) is -3.37. The zero-order valence-corrected chi connectivity index (χ0v) is 8.92. The molecule has 1 aliphatic rings. The molecule has 1 N–H and O–H groups in total. The number of carbonyl (C=O) groups excluding carboxylic acids is 1. The number of anilines is 1. The van der Waals surface area contributed by atoms with Gasteiger partial charge in [-0.1, -0.05) is 0 Å². The van der Waals surface area contributed by atoms with Crippen molar-refractivity contribution in [1.29, 1.82) is 0 Å². The van der Waals surface area contributed by atoms with Gasteiger partial charge in [0.05, 0.1) is 5.56 Å².